The lowest BCUT2D eigenvalue weighted by atomic mass is 10.0. The normalized spacial score (nSPS) is 13.8. The molecular weight excluding hydrogens is 304 g/mol. The van der Waals surface area contributed by atoms with Crippen LogP contribution in [0.5, 0.6) is 0 Å². The first kappa shape index (κ1) is 16.4. The fraction of sp³-hybridized carbons (Fsp3) is 0.389. The number of nitrogens with one attached hydrogen (secondary N) is 1. The van der Waals surface area contributed by atoms with Gasteiger partial charge >= 0.3 is 0 Å². The van der Waals surface area contributed by atoms with Crippen molar-refractivity contribution in [3.8, 4) is 0 Å². The minimum atomic E-state index is 0.196. The van der Waals surface area contributed by atoms with Gasteiger partial charge in [-0.2, -0.15) is 0 Å². The van der Waals surface area contributed by atoms with Gasteiger partial charge in [0.15, 0.2) is 5.82 Å². The van der Waals surface area contributed by atoms with Gasteiger partial charge in [0.05, 0.1) is 0 Å². The van der Waals surface area contributed by atoms with Crippen LogP contribution in [0.4, 0.5) is 17.2 Å². The Labute approximate surface area is 141 Å². The lowest BCUT2D eigenvalue weighted by Crippen LogP contribution is -2.34. The van der Waals surface area contributed by atoms with Gasteiger partial charge in [-0.1, -0.05) is 0 Å². The minimum absolute atomic E-state index is 0.196. The number of rotatable bonds is 5. The highest BCUT2D eigenvalue weighted by Gasteiger charge is 2.22. The Hall–Kier alpha value is -2.47. The highest BCUT2D eigenvalue weighted by atomic mass is 16.5. The van der Waals surface area contributed by atoms with Crippen LogP contribution in [0.15, 0.2) is 24.3 Å². The Morgan fingerprint density at radius 3 is 2.83 bits per heavy atom. The van der Waals surface area contributed by atoms with Crippen molar-refractivity contribution in [2.75, 3.05) is 23.9 Å². The Balaban J connectivity index is 1.86. The molecular formula is C18H22N4O2. The lowest BCUT2D eigenvalue weighted by Gasteiger charge is -2.28. The third kappa shape index (κ3) is 3.38. The van der Waals surface area contributed by atoms with Crippen molar-refractivity contribution < 1.29 is 9.53 Å². The fourth-order valence-electron chi connectivity index (χ4n) is 3.02. The van der Waals surface area contributed by atoms with Crippen molar-refractivity contribution >= 4 is 23.1 Å². The zero-order valence-electron chi connectivity index (χ0n) is 14.3. The molecule has 0 atom stereocenters. The summed E-state index contributed by atoms with van der Waals surface area (Å²) < 4.78 is 5.11. The lowest BCUT2D eigenvalue weighted by molar-refractivity contribution is -0.118. The summed E-state index contributed by atoms with van der Waals surface area (Å²) in [6, 6.07) is 7.98. The maximum atomic E-state index is 12.0. The molecule has 1 aromatic carbocycles. The van der Waals surface area contributed by atoms with Crippen molar-refractivity contribution in [1.29, 1.82) is 0 Å². The Morgan fingerprint density at radius 1 is 1.25 bits per heavy atom. The van der Waals surface area contributed by atoms with Gasteiger partial charge in [0, 0.05) is 43.2 Å². The molecule has 6 heteroatoms. The number of nitrogens with zero attached hydrogens (tertiary/aromatic N) is 3. The van der Waals surface area contributed by atoms with Crippen LogP contribution in [0, 0.1) is 6.92 Å². The summed E-state index contributed by atoms with van der Waals surface area (Å²) in [6.45, 7) is 5.02. The van der Waals surface area contributed by atoms with Gasteiger partial charge in [0.2, 0.25) is 5.91 Å². The molecule has 0 saturated heterocycles. The molecule has 1 aliphatic rings. The molecule has 0 saturated carbocycles. The second-order valence-electron chi connectivity index (χ2n) is 5.85. The smallest absolute Gasteiger partial charge is 0.227 e. The van der Waals surface area contributed by atoms with Crippen LogP contribution in [0.2, 0.25) is 0 Å². The molecule has 0 spiro atoms. The molecule has 2 heterocycles. The molecule has 6 nitrogen and oxygen atoms in total. The summed E-state index contributed by atoms with van der Waals surface area (Å²) in [5, 5.41) is 3.33. The van der Waals surface area contributed by atoms with Crippen molar-refractivity contribution in [1.82, 2.24) is 9.97 Å². The third-order valence-electron chi connectivity index (χ3n) is 4.04. The van der Waals surface area contributed by atoms with Crippen molar-refractivity contribution in [3.63, 3.8) is 0 Å². The standard InChI is InChI=1S/C18H22N4O2/c1-4-22-15-7-6-14(10-13(15)5-8-18(22)23)20-16-9-12(2)19-17(21-16)11-24-3/h6-7,9-10H,4-5,8,11H2,1-3H3,(H,19,20,21). The minimum Gasteiger partial charge on any atom is -0.377 e. The molecule has 3 rings (SSSR count). The number of carbonyl (C=O) groups is 1. The summed E-state index contributed by atoms with van der Waals surface area (Å²) in [5.74, 6) is 1.59. The number of anilines is 3. The molecule has 24 heavy (non-hydrogen) atoms. The molecule has 126 valence electrons. The van der Waals surface area contributed by atoms with E-state index in [4.69, 9.17) is 4.74 Å². The van der Waals surface area contributed by atoms with Crippen LogP contribution in [-0.4, -0.2) is 29.5 Å². The molecule has 0 aliphatic carbocycles. The average Bonchev–Trinajstić information content (AvgIpc) is 2.55. The Bertz CT molecular complexity index is 761. The maximum absolute atomic E-state index is 12.0. The molecule has 0 bridgehead atoms. The van der Waals surface area contributed by atoms with E-state index in [1.54, 1.807) is 7.11 Å². The number of fused-ring (bicyclic) bond motifs is 1. The van der Waals surface area contributed by atoms with Gasteiger partial charge in [-0.3, -0.25) is 4.79 Å². The second-order valence-corrected chi connectivity index (χ2v) is 5.85. The molecule has 2 aromatic rings. The van der Waals surface area contributed by atoms with Gasteiger partial charge in [-0.05, 0) is 44.0 Å². The fourth-order valence-corrected chi connectivity index (χ4v) is 3.02. The van der Waals surface area contributed by atoms with Crippen LogP contribution in [-0.2, 0) is 22.6 Å². The van der Waals surface area contributed by atoms with Gasteiger partial charge in [-0.25, -0.2) is 9.97 Å². The van der Waals surface area contributed by atoms with Gasteiger partial charge in [0.1, 0.15) is 12.4 Å². The van der Waals surface area contributed by atoms with Crippen molar-refractivity contribution in [3.05, 3.63) is 41.3 Å². The number of benzene rings is 1. The van der Waals surface area contributed by atoms with Crippen LogP contribution < -0.4 is 10.2 Å². The predicted octanol–water partition coefficient (Wildman–Crippen LogP) is 2.97. The molecule has 0 radical (unpaired) electrons. The first-order valence-corrected chi connectivity index (χ1v) is 8.14. The van der Waals surface area contributed by atoms with E-state index in [2.05, 4.69) is 21.4 Å². The monoisotopic (exact) mass is 326 g/mol. The first-order chi connectivity index (χ1) is 11.6. The summed E-state index contributed by atoms with van der Waals surface area (Å²) in [6.07, 6.45) is 1.34. The van der Waals surface area contributed by atoms with Crippen LogP contribution >= 0.6 is 0 Å². The maximum Gasteiger partial charge on any atom is 0.227 e. The number of amides is 1. The molecule has 1 aromatic heterocycles. The van der Waals surface area contributed by atoms with Gasteiger partial charge in [0.25, 0.3) is 0 Å². The molecule has 0 fully saturated rings. The van der Waals surface area contributed by atoms with Crippen molar-refractivity contribution in [2.45, 2.75) is 33.3 Å². The van der Waals surface area contributed by atoms with Gasteiger partial charge in [-0.15, -0.1) is 0 Å². The van der Waals surface area contributed by atoms with Crippen LogP contribution in [0.3, 0.4) is 0 Å². The predicted molar refractivity (Wildman–Crippen MR) is 93.6 cm³/mol. The SMILES string of the molecule is CCN1C(=O)CCc2cc(Nc3cc(C)nc(COC)n3)ccc21. The van der Waals surface area contributed by atoms with E-state index in [-0.39, 0.29) is 5.91 Å². The van der Waals surface area contributed by atoms with E-state index < -0.39 is 0 Å². The Kier molecular flexibility index (Phi) is 4.76. The number of aromatic nitrogens is 2. The second kappa shape index (κ2) is 6.97. The summed E-state index contributed by atoms with van der Waals surface area (Å²) in [7, 11) is 1.63. The number of hydrogen-bond donors (Lipinski definition) is 1. The van der Waals surface area contributed by atoms with E-state index in [1.165, 1.54) is 5.56 Å². The number of carbonyl (C=O) groups excluding carboxylic acids is 1. The van der Waals surface area contributed by atoms with E-state index >= 15 is 0 Å². The average molecular weight is 326 g/mol. The van der Waals surface area contributed by atoms with E-state index in [0.717, 1.165) is 29.3 Å². The van der Waals surface area contributed by atoms with E-state index in [9.17, 15) is 4.79 Å². The van der Waals surface area contributed by atoms with Crippen molar-refractivity contribution in [2.24, 2.45) is 0 Å². The van der Waals surface area contributed by atoms with Gasteiger partial charge < -0.3 is 15.0 Å². The summed E-state index contributed by atoms with van der Waals surface area (Å²) >= 11 is 0. The number of aryl methyl sites for hydroxylation is 2. The highest BCUT2D eigenvalue weighted by molar-refractivity contribution is 5.96. The summed E-state index contributed by atoms with van der Waals surface area (Å²) in [4.78, 5) is 22.6. The van der Waals surface area contributed by atoms with Crippen LogP contribution in [0.25, 0.3) is 0 Å². The molecule has 1 N–H and O–H groups in total. The number of ether oxygens (including phenoxy) is 1. The third-order valence-corrected chi connectivity index (χ3v) is 4.04. The zero-order valence-corrected chi connectivity index (χ0v) is 14.3. The van der Waals surface area contributed by atoms with E-state index in [1.807, 2.05) is 36.9 Å². The first-order valence-electron chi connectivity index (χ1n) is 8.14. The molecule has 1 amide bonds. The van der Waals surface area contributed by atoms with Crippen LogP contribution in [0.1, 0.15) is 30.4 Å². The zero-order chi connectivity index (χ0) is 17.1. The summed E-state index contributed by atoms with van der Waals surface area (Å²) in [5.41, 5.74) is 4.04. The molecule has 1 aliphatic heterocycles. The Morgan fingerprint density at radius 2 is 2.08 bits per heavy atom. The van der Waals surface area contributed by atoms with E-state index in [0.29, 0.717) is 25.4 Å². The quantitative estimate of drug-likeness (QED) is 0.915. The largest absolute Gasteiger partial charge is 0.377 e. The topological polar surface area (TPSA) is 67.4 Å². The highest BCUT2D eigenvalue weighted by Crippen LogP contribution is 2.31. The number of methoxy groups -OCH3 is 1. The molecule has 0 unspecified atom stereocenters. The number of hydrogen-bond acceptors (Lipinski definition) is 5.